The molecule has 3 rings (SSSR count). The molecule has 0 saturated heterocycles. The third kappa shape index (κ3) is 3.21. The molecule has 4 heteroatoms. The van der Waals surface area contributed by atoms with Crippen molar-refractivity contribution >= 4 is 22.6 Å². The average Bonchev–Trinajstić information content (AvgIpc) is 2.59. The second kappa shape index (κ2) is 6.32. The number of amides is 1. The molecule has 0 fully saturated rings. The lowest BCUT2D eigenvalue weighted by Crippen LogP contribution is -2.33. The van der Waals surface area contributed by atoms with Gasteiger partial charge in [0.1, 0.15) is 0 Å². The predicted octanol–water partition coefficient (Wildman–Crippen LogP) is 3.40. The highest BCUT2D eigenvalue weighted by atomic mass is 16.4. The number of benzene rings is 3. The molecule has 4 nitrogen and oxygen atoms in total. The minimum atomic E-state index is -1.09. The predicted molar refractivity (Wildman–Crippen MR) is 88.2 cm³/mol. The third-order valence-corrected chi connectivity index (χ3v) is 3.67. The van der Waals surface area contributed by atoms with Crippen molar-refractivity contribution in [2.45, 2.75) is 6.04 Å². The van der Waals surface area contributed by atoms with Gasteiger partial charge in [-0.1, -0.05) is 60.7 Å². The van der Waals surface area contributed by atoms with Gasteiger partial charge in [0, 0.05) is 5.56 Å². The van der Waals surface area contributed by atoms with E-state index < -0.39 is 17.9 Å². The van der Waals surface area contributed by atoms with E-state index in [4.69, 9.17) is 0 Å². The highest BCUT2D eigenvalue weighted by Crippen LogP contribution is 2.18. The van der Waals surface area contributed by atoms with Crippen molar-refractivity contribution in [3.8, 4) is 0 Å². The summed E-state index contributed by atoms with van der Waals surface area (Å²) in [5.74, 6) is -1.50. The van der Waals surface area contributed by atoms with Crippen LogP contribution in [0.25, 0.3) is 10.8 Å². The molecule has 1 amide bonds. The Morgan fingerprint density at radius 1 is 0.826 bits per heavy atom. The zero-order chi connectivity index (χ0) is 16.2. The zero-order valence-electron chi connectivity index (χ0n) is 12.3. The fourth-order valence-corrected chi connectivity index (χ4v) is 2.48. The molecule has 0 saturated carbocycles. The molecule has 0 aliphatic carbocycles. The Kier molecular flexibility index (Phi) is 4.06. The minimum absolute atomic E-state index is 0.410. The lowest BCUT2D eigenvalue weighted by atomic mass is 10.0. The highest BCUT2D eigenvalue weighted by molar-refractivity contribution is 6.00. The van der Waals surface area contributed by atoms with E-state index in [2.05, 4.69) is 5.32 Å². The summed E-state index contributed by atoms with van der Waals surface area (Å²) in [5, 5.41) is 13.9. The van der Waals surface area contributed by atoms with Crippen LogP contribution in [0.2, 0.25) is 0 Å². The fraction of sp³-hybridized carbons (Fsp3) is 0.0526. The van der Waals surface area contributed by atoms with E-state index in [0.717, 1.165) is 10.8 Å². The normalized spacial score (nSPS) is 11.8. The number of nitrogens with one attached hydrogen (secondary N) is 1. The van der Waals surface area contributed by atoms with E-state index in [-0.39, 0.29) is 0 Å². The van der Waals surface area contributed by atoms with Crippen LogP contribution in [-0.2, 0) is 4.79 Å². The number of carbonyl (C=O) groups is 2. The molecular weight excluding hydrogens is 290 g/mol. The molecule has 0 bridgehead atoms. The Bertz CT molecular complexity index is 859. The average molecular weight is 305 g/mol. The van der Waals surface area contributed by atoms with Gasteiger partial charge in [-0.3, -0.25) is 4.79 Å². The lowest BCUT2D eigenvalue weighted by molar-refractivity contribution is -0.139. The first-order chi connectivity index (χ1) is 11.1. The number of carboxylic acids is 1. The molecule has 1 unspecified atom stereocenters. The van der Waals surface area contributed by atoms with Crippen molar-refractivity contribution in [1.29, 1.82) is 0 Å². The maximum Gasteiger partial charge on any atom is 0.330 e. The van der Waals surface area contributed by atoms with E-state index in [1.807, 2.05) is 30.3 Å². The summed E-state index contributed by atoms with van der Waals surface area (Å²) in [5.41, 5.74) is 0.972. The number of hydrogen-bond donors (Lipinski definition) is 2. The molecule has 114 valence electrons. The van der Waals surface area contributed by atoms with Gasteiger partial charge in [0.05, 0.1) is 0 Å². The van der Waals surface area contributed by atoms with Gasteiger partial charge in [0.15, 0.2) is 6.04 Å². The van der Waals surface area contributed by atoms with Gasteiger partial charge >= 0.3 is 5.97 Å². The van der Waals surface area contributed by atoms with Crippen LogP contribution >= 0.6 is 0 Å². The van der Waals surface area contributed by atoms with Crippen LogP contribution in [-0.4, -0.2) is 17.0 Å². The minimum Gasteiger partial charge on any atom is -0.479 e. The Labute approximate surface area is 133 Å². The van der Waals surface area contributed by atoms with Crippen molar-refractivity contribution in [1.82, 2.24) is 5.32 Å². The number of fused-ring (bicyclic) bond motifs is 1. The van der Waals surface area contributed by atoms with Crippen LogP contribution < -0.4 is 5.32 Å². The second-order valence-corrected chi connectivity index (χ2v) is 5.22. The molecule has 23 heavy (non-hydrogen) atoms. The number of aliphatic carboxylic acids is 1. The molecule has 2 N–H and O–H groups in total. The summed E-state index contributed by atoms with van der Waals surface area (Å²) in [7, 11) is 0. The van der Waals surface area contributed by atoms with Crippen LogP contribution in [0.1, 0.15) is 22.0 Å². The summed E-state index contributed by atoms with van der Waals surface area (Å²) >= 11 is 0. The molecule has 0 aliphatic rings. The standard InChI is InChI=1S/C19H15NO3/c21-18(16-11-10-13-6-4-5-9-15(13)12-16)20-17(19(22)23)14-7-2-1-3-8-14/h1-12,17H,(H,20,21)(H,22,23). The van der Waals surface area contributed by atoms with Crippen molar-refractivity contribution < 1.29 is 14.7 Å². The van der Waals surface area contributed by atoms with E-state index in [1.165, 1.54) is 0 Å². The Balaban J connectivity index is 1.87. The quantitative estimate of drug-likeness (QED) is 0.776. The molecule has 1 atom stereocenters. The molecule has 0 heterocycles. The van der Waals surface area contributed by atoms with Crippen molar-refractivity contribution in [2.24, 2.45) is 0 Å². The van der Waals surface area contributed by atoms with Crippen molar-refractivity contribution in [2.75, 3.05) is 0 Å². The first-order valence-corrected chi connectivity index (χ1v) is 7.22. The van der Waals surface area contributed by atoms with Gasteiger partial charge in [-0.05, 0) is 28.5 Å². The largest absolute Gasteiger partial charge is 0.479 e. The highest BCUT2D eigenvalue weighted by Gasteiger charge is 2.22. The number of carboxylic acid groups (broad SMARTS) is 1. The summed E-state index contributed by atoms with van der Waals surface area (Å²) in [6.07, 6.45) is 0. The Hall–Kier alpha value is -3.14. The third-order valence-electron chi connectivity index (χ3n) is 3.67. The lowest BCUT2D eigenvalue weighted by Gasteiger charge is -2.15. The van der Waals surface area contributed by atoms with E-state index in [0.29, 0.717) is 11.1 Å². The molecule has 0 aliphatic heterocycles. The van der Waals surface area contributed by atoms with Crippen molar-refractivity contribution in [3.63, 3.8) is 0 Å². The zero-order valence-corrected chi connectivity index (χ0v) is 12.3. The number of rotatable bonds is 4. The van der Waals surface area contributed by atoms with Gasteiger partial charge in [-0.15, -0.1) is 0 Å². The molecule has 0 aromatic heterocycles. The molecule has 0 radical (unpaired) electrons. The number of hydrogen-bond acceptors (Lipinski definition) is 2. The molecular formula is C19H15NO3. The second-order valence-electron chi connectivity index (χ2n) is 5.22. The van der Waals surface area contributed by atoms with Crippen LogP contribution in [0.3, 0.4) is 0 Å². The first-order valence-electron chi connectivity index (χ1n) is 7.22. The van der Waals surface area contributed by atoms with Crippen LogP contribution in [0.5, 0.6) is 0 Å². The van der Waals surface area contributed by atoms with E-state index in [1.54, 1.807) is 42.5 Å². The van der Waals surface area contributed by atoms with Crippen molar-refractivity contribution in [3.05, 3.63) is 83.9 Å². The Morgan fingerprint density at radius 2 is 1.48 bits per heavy atom. The van der Waals surface area contributed by atoms with Crippen LogP contribution in [0, 0.1) is 0 Å². The molecule has 0 spiro atoms. The molecule has 3 aromatic carbocycles. The Morgan fingerprint density at radius 3 is 2.17 bits per heavy atom. The summed E-state index contributed by atoms with van der Waals surface area (Å²) in [4.78, 5) is 23.9. The van der Waals surface area contributed by atoms with Gasteiger partial charge in [0.25, 0.3) is 5.91 Å². The van der Waals surface area contributed by atoms with Gasteiger partial charge in [-0.2, -0.15) is 0 Å². The van der Waals surface area contributed by atoms with Crippen LogP contribution in [0.15, 0.2) is 72.8 Å². The first kappa shape index (κ1) is 14.8. The van der Waals surface area contributed by atoms with E-state index in [9.17, 15) is 14.7 Å². The van der Waals surface area contributed by atoms with Gasteiger partial charge in [0.2, 0.25) is 0 Å². The monoisotopic (exact) mass is 305 g/mol. The number of carbonyl (C=O) groups excluding carboxylic acids is 1. The maximum atomic E-state index is 12.4. The van der Waals surface area contributed by atoms with E-state index >= 15 is 0 Å². The van der Waals surface area contributed by atoms with Crippen LogP contribution in [0.4, 0.5) is 0 Å². The summed E-state index contributed by atoms with van der Waals surface area (Å²) < 4.78 is 0. The fourth-order valence-electron chi connectivity index (χ4n) is 2.48. The maximum absolute atomic E-state index is 12.4. The SMILES string of the molecule is O=C(NC(C(=O)O)c1ccccc1)c1ccc2ccccc2c1. The summed E-state index contributed by atoms with van der Waals surface area (Å²) in [6.45, 7) is 0. The molecule has 3 aromatic rings. The smallest absolute Gasteiger partial charge is 0.330 e. The topological polar surface area (TPSA) is 66.4 Å². The summed E-state index contributed by atoms with van der Waals surface area (Å²) in [6, 6.07) is 20.6. The van der Waals surface area contributed by atoms with Gasteiger partial charge in [-0.25, -0.2) is 4.79 Å². The van der Waals surface area contributed by atoms with Gasteiger partial charge < -0.3 is 10.4 Å².